The zero-order valence-corrected chi connectivity index (χ0v) is 16.3. The summed E-state index contributed by atoms with van der Waals surface area (Å²) in [5.41, 5.74) is 0.552. The zero-order chi connectivity index (χ0) is 18.9. The van der Waals surface area contributed by atoms with Crippen LogP contribution in [0.1, 0.15) is 49.9 Å². The fourth-order valence-corrected chi connectivity index (χ4v) is 2.44. The first-order valence-corrected chi connectivity index (χ1v) is 9.73. The number of hydrogen-bond donors (Lipinski definition) is 0. The van der Waals surface area contributed by atoms with Gasteiger partial charge in [0.05, 0.1) is 38.6 Å². The van der Waals surface area contributed by atoms with Crippen LogP contribution < -0.4 is 0 Å². The van der Waals surface area contributed by atoms with Gasteiger partial charge in [0.2, 0.25) is 0 Å². The molecule has 0 spiro atoms. The molecule has 0 aliphatic carbocycles. The maximum Gasteiger partial charge on any atom is 0.338 e. The summed E-state index contributed by atoms with van der Waals surface area (Å²) in [7, 11) is 0. The van der Waals surface area contributed by atoms with Gasteiger partial charge in [0.15, 0.2) is 0 Å². The molecule has 1 atom stereocenters. The highest BCUT2D eigenvalue weighted by molar-refractivity contribution is 5.89. The lowest BCUT2D eigenvalue weighted by Crippen LogP contribution is -2.15. The number of benzene rings is 1. The molecule has 148 valence electrons. The maximum absolute atomic E-state index is 11.7. The van der Waals surface area contributed by atoms with E-state index in [0.717, 1.165) is 6.61 Å². The van der Waals surface area contributed by atoms with Gasteiger partial charge in [0.25, 0.3) is 0 Å². The second kappa shape index (κ2) is 15.8. The molecule has 0 amide bonds. The van der Waals surface area contributed by atoms with Crippen molar-refractivity contribution in [1.29, 1.82) is 0 Å². The molecule has 0 aliphatic heterocycles. The Morgan fingerprint density at radius 2 is 1.50 bits per heavy atom. The summed E-state index contributed by atoms with van der Waals surface area (Å²) in [4.78, 5) is 11.7. The molecule has 0 saturated heterocycles. The third-order valence-electron chi connectivity index (χ3n) is 4.11. The molecule has 1 aromatic carbocycles. The SMILES string of the molecule is CCCCC(CC)COCCOCCOCCOC(=O)c1ccccc1. The first-order valence-electron chi connectivity index (χ1n) is 9.73. The van der Waals surface area contributed by atoms with Gasteiger partial charge in [-0.3, -0.25) is 0 Å². The van der Waals surface area contributed by atoms with Crippen LogP contribution in [0.25, 0.3) is 0 Å². The lowest BCUT2D eigenvalue weighted by Gasteiger charge is -2.14. The Balaban J connectivity index is 1.87. The van der Waals surface area contributed by atoms with Crippen molar-refractivity contribution in [2.75, 3.05) is 46.2 Å². The van der Waals surface area contributed by atoms with E-state index < -0.39 is 0 Å². The largest absolute Gasteiger partial charge is 0.460 e. The Morgan fingerprint density at radius 1 is 0.885 bits per heavy atom. The number of unbranched alkanes of at least 4 members (excludes halogenated alkanes) is 1. The molecule has 0 aliphatic rings. The van der Waals surface area contributed by atoms with E-state index in [-0.39, 0.29) is 12.6 Å². The molecule has 1 aromatic rings. The molecule has 1 rings (SSSR count). The minimum atomic E-state index is -0.327. The highest BCUT2D eigenvalue weighted by Crippen LogP contribution is 2.12. The third-order valence-corrected chi connectivity index (χ3v) is 4.11. The van der Waals surface area contributed by atoms with E-state index in [9.17, 15) is 4.79 Å². The quantitative estimate of drug-likeness (QED) is 0.325. The van der Waals surface area contributed by atoms with Gasteiger partial charge in [0, 0.05) is 6.61 Å². The van der Waals surface area contributed by atoms with Crippen molar-refractivity contribution in [2.24, 2.45) is 5.92 Å². The zero-order valence-electron chi connectivity index (χ0n) is 16.3. The van der Waals surface area contributed by atoms with E-state index in [1.54, 1.807) is 12.1 Å². The third kappa shape index (κ3) is 11.2. The van der Waals surface area contributed by atoms with Crippen molar-refractivity contribution in [3.05, 3.63) is 35.9 Å². The van der Waals surface area contributed by atoms with Crippen molar-refractivity contribution >= 4 is 5.97 Å². The van der Waals surface area contributed by atoms with Gasteiger partial charge >= 0.3 is 5.97 Å². The maximum atomic E-state index is 11.7. The van der Waals surface area contributed by atoms with Crippen LogP contribution in [0.15, 0.2) is 30.3 Å². The summed E-state index contributed by atoms with van der Waals surface area (Å²) in [5.74, 6) is 0.337. The lowest BCUT2D eigenvalue weighted by atomic mass is 10.0. The van der Waals surface area contributed by atoms with Crippen molar-refractivity contribution < 1.29 is 23.7 Å². The molecule has 5 nitrogen and oxygen atoms in total. The van der Waals surface area contributed by atoms with Crippen LogP contribution >= 0.6 is 0 Å². The number of rotatable bonds is 16. The lowest BCUT2D eigenvalue weighted by molar-refractivity contribution is -0.00420. The molecule has 0 heterocycles. The Kier molecular flexibility index (Phi) is 13.7. The number of hydrogen-bond acceptors (Lipinski definition) is 5. The number of ether oxygens (including phenoxy) is 4. The average molecular weight is 366 g/mol. The summed E-state index contributed by atoms with van der Waals surface area (Å²) in [6.45, 7) is 8.07. The molecule has 0 N–H and O–H groups in total. The predicted octanol–water partition coefficient (Wildman–Crippen LogP) is 4.11. The smallest absolute Gasteiger partial charge is 0.338 e. The average Bonchev–Trinajstić information content (AvgIpc) is 2.68. The monoisotopic (exact) mass is 366 g/mol. The summed E-state index contributed by atoms with van der Waals surface area (Å²) in [5, 5.41) is 0. The summed E-state index contributed by atoms with van der Waals surface area (Å²) < 4.78 is 21.7. The number of esters is 1. The van der Waals surface area contributed by atoms with E-state index in [2.05, 4.69) is 13.8 Å². The van der Waals surface area contributed by atoms with Crippen molar-refractivity contribution in [3.8, 4) is 0 Å². The van der Waals surface area contributed by atoms with Crippen LogP contribution in [0.3, 0.4) is 0 Å². The topological polar surface area (TPSA) is 54.0 Å². The van der Waals surface area contributed by atoms with E-state index >= 15 is 0 Å². The predicted molar refractivity (Wildman–Crippen MR) is 102 cm³/mol. The van der Waals surface area contributed by atoms with Crippen molar-refractivity contribution in [1.82, 2.24) is 0 Å². The van der Waals surface area contributed by atoms with Gasteiger partial charge in [-0.1, -0.05) is 51.3 Å². The Labute approximate surface area is 158 Å². The van der Waals surface area contributed by atoms with Gasteiger partial charge in [-0.05, 0) is 24.5 Å². The number of carbonyl (C=O) groups excluding carboxylic acids is 1. The summed E-state index contributed by atoms with van der Waals surface area (Å²) in [6, 6.07) is 8.93. The normalized spacial score (nSPS) is 12.1. The van der Waals surface area contributed by atoms with E-state index in [1.807, 2.05) is 18.2 Å². The minimum absolute atomic E-state index is 0.243. The molecule has 0 fully saturated rings. The van der Waals surface area contributed by atoms with Gasteiger partial charge in [0.1, 0.15) is 6.61 Å². The second-order valence-corrected chi connectivity index (χ2v) is 6.22. The molecule has 0 saturated carbocycles. The van der Waals surface area contributed by atoms with Crippen LogP contribution in [0.5, 0.6) is 0 Å². The molecular weight excluding hydrogens is 332 g/mol. The van der Waals surface area contributed by atoms with Crippen LogP contribution in [-0.2, 0) is 18.9 Å². The molecular formula is C21H34O5. The first kappa shape index (κ1) is 22.6. The fraction of sp³-hybridized carbons (Fsp3) is 0.667. The van der Waals surface area contributed by atoms with E-state index in [4.69, 9.17) is 18.9 Å². The van der Waals surface area contributed by atoms with E-state index in [1.165, 1.54) is 25.7 Å². The van der Waals surface area contributed by atoms with Crippen LogP contribution in [-0.4, -0.2) is 52.2 Å². The summed E-state index contributed by atoms with van der Waals surface area (Å²) >= 11 is 0. The van der Waals surface area contributed by atoms with Crippen molar-refractivity contribution in [2.45, 2.75) is 39.5 Å². The molecule has 0 bridgehead atoms. The van der Waals surface area contributed by atoms with Gasteiger partial charge in [-0.15, -0.1) is 0 Å². The first-order chi connectivity index (χ1) is 12.8. The van der Waals surface area contributed by atoms with Crippen LogP contribution in [0.2, 0.25) is 0 Å². The highest BCUT2D eigenvalue weighted by atomic mass is 16.6. The molecule has 0 radical (unpaired) electrons. The van der Waals surface area contributed by atoms with Gasteiger partial charge in [-0.2, -0.15) is 0 Å². The molecule has 5 heteroatoms. The standard InChI is InChI=1S/C21H34O5/c1-3-5-9-19(4-2)18-25-15-14-23-12-13-24-16-17-26-21(22)20-10-7-6-8-11-20/h6-8,10-11,19H,3-5,9,12-18H2,1-2H3. The van der Waals surface area contributed by atoms with Gasteiger partial charge < -0.3 is 18.9 Å². The number of carbonyl (C=O) groups is 1. The van der Waals surface area contributed by atoms with E-state index in [0.29, 0.717) is 44.5 Å². The van der Waals surface area contributed by atoms with Crippen LogP contribution in [0.4, 0.5) is 0 Å². The molecule has 0 aromatic heterocycles. The Bertz CT molecular complexity index is 449. The van der Waals surface area contributed by atoms with Gasteiger partial charge in [-0.25, -0.2) is 4.79 Å². The van der Waals surface area contributed by atoms with Crippen LogP contribution in [0, 0.1) is 5.92 Å². The highest BCUT2D eigenvalue weighted by Gasteiger charge is 2.06. The molecule has 26 heavy (non-hydrogen) atoms. The molecule has 1 unspecified atom stereocenters. The Hall–Kier alpha value is -1.43. The fourth-order valence-electron chi connectivity index (χ4n) is 2.44. The minimum Gasteiger partial charge on any atom is -0.460 e. The van der Waals surface area contributed by atoms with Crippen molar-refractivity contribution in [3.63, 3.8) is 0 Å². The summed E-state index contributed by atoms with van der Waals surface area (Å²) in [6.07, 6.45) is 4.93. The Morgan fingerprint density at radius 3 is 2.12 bits per heavy atom. The second-order valence-electron chi connectivity index (χ2n) is 6.22.